The number of aliphatic imine (C=N–C) groups is 1. The Hall–Kier alpha value is -2.04. The van der Waals surface area contributed by atoms with Gasteiger partial charge >= 0.3 is 0 Å². The molecule has 2 aromatic rings. The summed E-state index contributed by atoms with van der Waals surface area (Å²) in [4.78, 5) is 19.2. The molecule has 0 radical (unpaired) electrons. The topological polar surface area (TPSA) is 101 Å². The third-order valence-corrected chi connectivity index (χ3v) is 6.01. The van der Waals surface area contributed by atoms with Gasteiger partial charge < -0.3 is 15.7 Å². The number of halogens is 3. The molecule has 0 bridgehead atoms. The normalized spacial score (nSPS) is 24.0. The summed E-state index contributed by atoms with van der Waals surface area (Å²) in [5.74, 6) is -0.0362. The molecule has 156 valence electrons. The lowest BCUT2D eigenvalue weighted by atomic mass is 9.85. The Bertz CT molecular complexity index is 939. The number of hydrogen-bond acceptors (Lipinski definition) is 8. The Morgan fingerprint density at radius 3 is 2.69 bits per heavy atom. The third-order valence-electron chi connectivity index (χ3n) is 5.05. The molecular weight excluding hydrogens is 422 g/mol. The average molecular weight is 443 g/mol. The Kier molecular flexibility index (Phi) is 5.72. The van der Waals surface area contributed by atoms with Crippen molar-refractivity contribution in [2.24, 2.45) is 16.6 Å². The number of rotatable bonds is 3. The first kappa shape index (κ1) is 21.7. The summed E-state index contributed by atoms with van der Waals surface area (Å²) in [6.07, 6.45) is 2.23. The monoisotopic (exact) mass is 442 g/mol. The molecule has 2 aliphatic heterocycles. The van der Waals surface area contributed by atoms with Crippen molar-refractivity contribution in [2.45, 2.75) is 25.0 Å². The van der Waals surface area contributed by atoms with Crippen LogP contribution < -0.4 is 10.6 Å². The zero-order chi connectivity index (χ0) is 20.1. The fourth-order valence-corrected chi connectivity index (χ4v) is 4.69. The molecule has 4 heterocycles. The number of nitrogens with zero attached hydrogens (tertiary/aromatic N) is 5. The molecule has 2 aromatic heterocycles. The van der Waals surface area contributed by atoms with Crippen LogP contribution in [0, 0.1) is 17.6 Å². The van der Waals surface area contributed by atoms with E-state index in [1.807, 2.05) is 4.90 Å². The van der Waals surface area contributed by atoms with Crippen molar-refractivity contribution in [1.82, 2.24) is 15.0 Å². The van der Waals surface area contributed by atoms with Gasteiger partial charge in [-0.2, -0.15) is 0 Å². The number of nitrogens with two attached hydrogens (primary N) is 1. The summed E-state index contributed by atoms with van der Waals surface area (Å²) in [5, 5.41) is 10.6. The van der Waals surface area contributed by atoms with Crippen LogP contribution in [-0.4, -0.2) is 44.1 Å². The van der Waals surface area contributed by atoms with Crippen LogP contribution in [0.5, 0.6) is 0 Å². The molecule has 0 aliphatic carbocycles. The summed E-state index contributed by atoms with van der Waals surface area (Å²) in [6.45, 7) is 3.86. The maximum absolute atomic E-state index is 14.1. The number of aliphatic hydroxyl groups is 1. The second-order valence-electron chi connectivity index (χ2n) is 7.55. The molecule has 0 aromatic carbocycles. The van der Waals surface area contributed by atoms with Gasteiger partial charge in [-0.25, -0.2) is 23.7 Å². The van der Waals surface area contributed by atoms with E-state index in [2.05, 4.69) is 15.0 Å². The van der Waals surface area contributed by atoms with Crippen LogP contribution >= 0.6 is 24.2 Å². The zero-order valence-corrected chi connectivity index (χ0v) is 17.5. The van der Waals surface area contributed by atoms with Crippen LogP contribution in [-0.2, 0) is 11.1 Å². The van der Waals surface area contributed by atoms with Gasteiger partial charge in [-0.05, 0) is 26.0 Å². The van der Waals surface area contributed by atoms with Gasteiger partial charge in [0.25, 0.3) is 0 Å². The molecule has 0 unspecified atom stereocenters. The third kappa shape index (κ3) is 3.88. The van der Waals surface area contributed by atoms with Crippen LogP contribution in [0.3, 0.4) is 0 Å². The zero-order valence-electron chi connectivity index (χ0n) is 15.8. The highest BCUT2D eigenvalue weighted by Gasteiger charge is 2.52. The maximum atomic E-state index is 14.1. The Labute approximate surface area is 177 Å². The lowest BCUT2D eigenvalue weighted by Crippen LogP contribution is -2.40. The van der Waals surface area contributed by atoms with Crippen LogP contribution in [0.4, 0.5) is 14.7 Å². The van der Waals surface area contributed by atoms with Gasteiger partial charge in [0.15, 0.2) is 11.0 Å². The summed E-state index contributed by atoms with van der Waals surface area (Å²) in [7, 11) is 0. The molecule has 3 N–H and O–H groups in total. The number of pyridine rings is 1. The lowest BCUT2D eigenvalue weighted by Gasteiger charge is -2.33. The van der Waals surface area contributed by atoms with E-state index in [-0.39, 0.29) is 24.0 Å². The van der Waals surface area contributed by atoms with Crippen LogP contribution in [0.1, 0.15) is 25.2 Å². The number of hydrogen-bond donors (Lipinski definition) is 2. The minimum atomic E-state index is -1.44. The smallest absolute Gasteiger partial charge is 0.225 e. The first-order valence-electron chi connectivity index (χ1n) is 8.79. The Balaban J connectivity index is 0.00000240. The Morgan fingerprint density at radius 1 is 1.28 bits per heavy atom. The fourth-order valence-electron chi connectivity index (χ4n) is 3.70. The van der Waals surface area contributed by atoms with E-state index in [0.29, 0.717) is 35.7 Å². The van der Waals surface area contributed by atoms with E-state index in [1.165, 1.54) is 31.7 Å². The van der Waals surface area contributed by atoms with Gasteiger partial charge in [0, 0.05) is 18.2 Å². The van der Waals surface area contributed by atoms with Gasteiger partial charge in [-0.3, -0.25) is 4.98 Å². The second-order valence-corrected chi connectivity index (χ2v) is 8.59. The van der Waals surface area contributed by atoms with Crippen molar-refractivity contribution in [3.05, 3.63) is 47.5 Å². The van der Waals surface area contributed by atoms with Crippen molar-refractivity contribution in [3.8, 4) is 0 Å². The van der Waals surface area contributed by atoms with E-state index in [0.717, 1.165) is 12.4 Å². The molecule has 2 atom stereocenters. The van der Waals surface area contributed by atoms with Crippen LogP contribution in [0.15, 0.2) is 29.5 Å². The van der Waals surface area contributed by atoms with E-state index >= 15 is 0 Å². The number of thioether (sulfide) groups is 1. The summed E-state index contributed by atoms with van der Waals surface area (Å²) in [5.41, 5.74) is 4.36. The standard InChI is InChI=1S/C18H20F2N6OS.ClH/c1-17(2,27)14-12(20)6-23-16(24-14)26-7-10-8-28-15(21)25-18(10,9-26)13-4-3-11(19)5-22-13;/h3-6,10,27H,7-9H2,1-2H3,(H2,21,25);1H/t10-,18-;/m0./s1. The first-order valence-corrected chi connectivity index (χ1v) is 9.78. The van der Waals surface area contributed by atoms with Crippen molar-refractivity contribution < 1.29 is 13.9 Å². The molecule has 29 heavy (non-hydrogen) atoms. The maximum Gasteiger partial charge on any atom is 0.225 e. The predicted molar refractivity (Wildman–Crippen MR) is 110 cm³/mol. The quantitative estimate of drug-likeness (QED) is 0.751. The first-order chi connectivity index (χ1) is 13.2. The van der Waals surface area contributed by atoms with E-state index in [1.54, 1.807) is 6.07 Å². The number of aromatic nitrogens is 3. The highest BCUT2D eigenvalue weighted by Crippen LogP contribution is 2.45. The van der Waals surface area contributed by atoms with Gasteiger partial charge in [-0.1, -0.05) is 11.8 Å². The fraction of sp³-hybridized carbons (Fsp3) is 0.444. The van der Waals surface area contributed by atoms with Crippen molar-refractivity contribution in [2.75, 3.05) is 23.7 Å². The molecule has 4 rings (SSSR count). The molecule has 1 saturated heterocycles. The summed E-state index contributed by atoms with van der Waals surface area (Å²) in [6, 6.07) is 2.97. The summed E-state index contributed by atoms with van der Waals surface area (Å²) >= 11 is 1.46. The highest BCUT2D eigenvalue weighted by molar-refractivity contribution is 8.13. The number of amidine groups is 1. The predicted octanol–water partition coefficient (Wildman–Crippen LogP) is 2.19. The van der Waals surface area contributed by atoms with Gasteiger partial charge in [0.1, 0.15) is 22.7 Å². The average Bonchev–Trinajstić information content (AvgIpc) is 3.01. The van der Waals surface area contributed by atoms with Crippen molar-refractivity contribution in [1.29, 1.82) is 0 Å². The highest BCUT2D eigenvalue weighted by atomic mass is 35.5. The molecule has 1 fully saturated rings. The minimum Gasteiger partial charge on any atom is -0.384 e. The van der Waals surface area contributed by atoms with Gasteiger partial charge in [0.2, 0.25) is 5.95 Å². The Morgan fingerprint density at radius 2 is 2.03 bits per heavy atom. The van der Waals surface area contributed by atoms with Gasteiger partial charge in [0.05, 0.1) is 24.6 Å². The number of anilines is 1. The largest absolute Gasteiger partial charge is 0.384 e. The molecule has 0 spiro atoms. The van der Waals surface area contributed by atoms with E-state index < -0.39 is 22.8 Å². The minimum absolute atomic E-state index is 0. The molecule has 7 nitrogen and oxygen atoms in total. The van der Waals surface area contributed by atoms with Crippen LogP contribution in [0.2, 0.25) is 0 Å². The number of fused-ring (bicyclic) bond motifs is 1. The molecular formula is C18H21ClF2N6OS. The molecule has 0 saturated carbocycles. The molecule has 11 heteroatoms. The molecule has 2 aliphatic rings. The second kappa shape index (κ2) is 7.66. The summed E-state index contributed by atoms with van der Waals surface area (Å²) < 4.78 is 27.5. The van der Waals surface area contributed by atoms with E-state index in [9.17, 15) is 13.9 Å². The van der Waals surface area contributed by atoms with Crippen molar-refractivity contribution in [3.63, 3.8) is 0 Å². The molecule has 0 amide bonds. The van der Waals surface area contributed by atoms with Crippen molar-refractivity contribution >= 4 is 35.3 Å². The lowest BCUT2D eigenvalue weighted by molar-refractivity contribution is 0.0693. The van der Waals surface area contributed by atoms with Crippen LogP contribution in [0.25, 0.3) is 0 Å². The van der Waals surface area contributed by atoms with E-state index in [4.69, 9.17) is 10.7 Å². The van der Waals surface area contributed by atoms with Gasteiger partial charge in [-0.15, -0.1) is 12.4 Å². The SMILES string of the molecule is CC(C)(O)c1nc(N2C[C@H]3CSC(N)=N[C@@]3(c3ccc(F)cn3)C2)ncc1F.Cl.